The van der Waals surface area contributed by atoms with Crippen LogP contribution in [0.15, 0.2) is 0 Å². The number of ether oxygens (including phenoxy) is 1. The van der Waals surface area contributed by atoms with Crippen molar-refractivity contribution >= 4 is 21.6 Å². The van der Waals surface area contributed by atoms with Gasteiger partial charge in [0.25, 0.3) is 0 Å². The van der Waals surface area contributed by atoms with Gasteiger partial charge in [0, 0.05) is 19.0 Å². The lowest BCUT2D eigenvalue weighted by Gasteiger charge is -2.22. The summed E-state index contributed by atoms with van der Waals surface area (Å²) in [7, 11) is -3.12. The molecule has 16 heavy (non-hydrogen) atoms. The molecule has 1 aliphatic rings. The van der Waals surface area contributed by atoms with Crippen LogP contribution in [0.4, 0.5) is 0 Å². The predicted molar refractivity (Wildman–Crippen MR) is 65.3 cm³/mol. The van der Waals surface area contributed by atoms with E-state index < -0.39 is 10.0 Å². The van der Waals surface area contributed by atoms with Gasteiger partial charge in [0.1, 0.15) is 0 Å². The molecule has 1 N–H and O–H groups in total. The molecule has 1 fully saturated rings. The maximum atomic E-state index is 11.6. The Labute approximate surface area is 103 Å². The molecule has 0 aliphatic carbocycles. The van der Waals surface area contributed by atoms with Crippen LogP contribution >= 0.6 is 11.6 Å². The van der Waals surface area contributed by atoms with Gasteiger partial charge < -0.3 is 4.74 Å². The molecule has 0 aromatic heterocycles. The second-order valence-electron chi connectivity index (χ2n) is 4.15. The molecule has 1 saturated heterocycles. The van der Waals surface area contributed by atoms with Crippen molar-refractivity contribution in [2.75, 3.05) is 31.4 Å². The fourth-order valence-corrected chi connectivity index (χ4v) is 3.08. The summed E-state index contributed by atoms with van der Waals surface area (Å²) in [4.78, 5) is 0. The average molecular weight is 270 g/mol. The monoisotopic (exact) mass is 269 g/mol. The number of hydrogen-bond acceptors (Lipinski definition) is 3. The Morgan fingerprint density at radius 3 is 2.81 bits per heavy atom. The molecule has 0 aromatic carbocycles. The molecule has 1 unspecified atom stereocenters. The standard InChI is InChI=1S/C10H20ClNO3S/c11-5-1-2-7-16(13,14)12-8-10-4-3-6-15-9-10/h10,12H,1-9H2. The van der Waals surface area contributed by atoms with Crippen molar-refractivity contribution in [1.82, 2.24) is 4.72 Å². The average Bonchev–Trinajstić information content (AvgIpc) is 2.28. The Bertz CT molecular complexity index is 276. The molecule has 1 aliphatic heterocycles. The van der Waals surface area contributed by atoms with Gasteiger partial charge in [-0.25, -0.2) is 13.1 Å². The van der Waals surface area contributed by atoms with E-state index in [1.807, 2.05) is 0 Å². The molecule has 0 saturated carbocycles. The predicted octanol–water partition coefficient (Wildman–Crippen LogP) is 1.35. The first-order chi connectivity index (χ1) is 7.64. The molecular weight excluding hydrogens is 250 g/mol. The van der Waals surface area contributed by atoms with Gasteiger partial charge in [0.15, 0.2) is 0 Å². The Morgan fingerprint density at radius 1 is 1.38 bits per heavy atom. The third kappa shape index (κ3) is 6.03. The zero-order chi connectivity index (χ0) is 11.9. The van der Waals surface area contributed by atoms with Crippen LogP contribution in [-0.4, -0.2) is 39.8 Å². The molecule has 1 rings (SSSR count). The summed E-state index contributed by atoms with van der Waals surface area (Å²) in [5, 5.41) is 0. The van der Waals surface area contributed by atoms with Gasteiger partial charge >= 0.3 is 0 Å². The fraction of sp³-hybridized carbons (Fsp3) is 1.00. The summed E-state index contributed by atoms with van der Waals surface area (Å²) in [6, 6.07) is 0. The van der Waals surface area contributed by atoms with Crippen LogP contribution in [-0.2, 0) is 14.8 Å². The third-order valence-electron chi connectivity index (χ3n) is 2.64. The van der Waals surface area contributed by atoms with Crippen molar-refractivity contribution in [3.63, 3.8) is 0 Å². The zero-order valence-corrected chi connectivity index (χ0v) is 11.0. The first kappa shape index (κ1) is 14.2. The topological polar surface area (TPSA) is 55.4 Å². The van der Waals surface area contributed by atoms with Crippen molar-refractivity contribution in [3.05, 3.63) is 0 Å². The van der Waals surface area contributed by atoms with E-state index in [1.54, 1.807) is 0 Å². The smallest absolute Gasteiger partial charge is 0.211 e. The highest BCUT2D eigenvalue weighted by Gasteiger charge is 2.17. The largest absolute Gasteiger partial charge is 0.381 e. The van der Waals surface area contributed by atoms with Gasteiger partial charge in [-0.1, -0.05) is 0 Å². The van der Waals surface area contributed by atoms with Crippen molar-refractivity contribution < 1.29 is 13.2 Å². The maximum Gasteiger partial charge on any atom is 0.211 e. The van der Waals surface area contributed by atoms with Crippen molar-refractivity contribution in [2.24, 2.45) is 5.92 Å². The van der Waals surface area contributed by atoms with Crippen LogP contribution in [0, 0.1) is 5.92 Å². The van der Waals surface area contributed by atoms with Crippen molar-refractivity contribution in [3.8, 4) is 0 Å². The lowest BCUT2D eigenvalue weighted by atomic mass is 10.0. The summed E-state index contributed by atoms with van der Waals surface area (Å²) in [5.74, 6) is 1.02. The van der Waals surface area contributed by atoms with E-state index in [2.05, 4.69) is 4.72 Å². The van der Waals surface area contributed by atoms with E-state index in [0.717, 1.165) is 25.9 Å². The summed E-state index contributed by atoms with van der Waals surface area (Å²) >= 11 is 5.50. The zero-order valence-electron chi connectivity index (χ0n) is 9.45. The van der Waals surface area contributed by atoms with E-state index in [1.165, 1.54) is 0 Å². The van der Waals surface area contributed by atoms with E-state index in [0.29, 0.717) is 31.4 Å². The van der Waals surface area contributed by atoms with Gasteiger partial charge in [-0.2, -0.15) is 0 Å². The summed E-state index contributed by atoms with van der Waals surface area (Å²) in [6.45, 7) is 1.98. The molecular formula is C10H20ClNO3S. The van der Waals surface area contributed by atoms with Crippen LogP contribution in [0.1, 0.15) is 25.7 Å². The van der Waals surface area contributed by atoms with Crippen LogP contribution in [0.25, 0.3) is 0 Å². The maximum absolute atomic E-state index is 11.6. The second-order valence-corrected chi connectivity index (χ2v) is 6.45. The molecule has 0 aromatic rings. The molecule has 0 radical (unpaired) electrons. The highest BCUT2D eigenvalue weighted by molar-refractivity contribution is 7.89. The number of hydrogen-bond donors (Lipinski definition) is 1. The number of nitrogens with one attached hydrogen (secondary N) is 1. The Morgan fingerprint density at radius 2 is 2.19 bits per heavy atom. The quantitative estimate of drug-likeness (QED) is 0.561. The lowest BCUT2D eigenvalue weighted by molar-refractivity contribution is 0.0568. The van der Waals surface area contributed by atoms with E-state index in [9.17, 15) is 8.42 Å². The number of halogens is 1. The van der Waals surface area contributed by atoms with Crippen LogP contribution in [0.2, 0.25) is 0 Å². The van der Waals surface area contributed by atoms with Crippen molar-refractivity contribution in [2.45, 2.75) is 25.7 Å². The van der Waals surface area contributed by atoms with Crippen LogP contribution in [0.3, 0.4) is 0 Å². The molecule has 96 valence electrons. The normalized spacial score (nSPS) is 22.2. The highest BCUT2D eigenvalue weighted by atomic mass is 35.5. The number of unbranched alkanes of at least 4 members (excludes halogenated alkanes) is 1. The molecule has 0 spiro atoms. The number of alkyl halides is 1. The highest BCUT2D eigenvalue weighted by Crippen LogP contribution is 2.12. The van der Waals surface area contributed by atoms with Gasteiger partial charge in [-0.05, 0) is 31.6 Å². The minimum absolute atomic E-state index is 0.174. The number of sulfonamides is 1. The Kier molecular flexibility index (Phi) is 6.65. The first-order valence-electron chi connectivity index (χ1n) is 5.75. The van der Waals surface area contributed by atoms with Crippen LogP contribution < -0.4 is 4.72 Å². The minimum Gasteiger partial charge on any atom is -0.381 e. The van der Waals surface area contributed by atoms with Gasteiger partial charge in [-0.15, -0.1) is 11.6 Å². The SMILES string of the molecule is O=S(=O)(CCCCCl)NCC1CCCOC1. The first-order valence-corrected chi connectivity index (χ1v) is 7.94. The molecule has 1 atom stereocenters. The molecule has 0 bridgehead atoms. The van der Waals surface area contributed by atoms with E-state index >= 15 is 0 Å². The number of rotatable bonds is 7. The van der Waals surface area contributed by atoms with E-state index in [4.69, 9.17) is 16.3 Å². The van der Waals surface area contributed by atoms with Crippen LogP contribution in [0.5, 0.6) is 0 Å². The van der Waals surface area contributed by atoms with Gasteiger partial charge in [0.05, 0.1) is 12.4 Å². The molecule has 6 heteroatoms. The lowest BCUT2D eigenvalue weighted by Crippen LogP contribution is -2.34. The molecule has 1 heterocycles. The minimum atomic E-state index is -3.12. The molecule has 4 nitrogen and oxygen atoms in total. The third-order valence-corrected chi connectivity index (χ3v) is 4.34. The summed E-state index contributed by atoms with van der Waals surface area (Å²) < 4.78 is 31.0. The Hall–Kier alpha value is 0.160. The molecule has 0 amide bonds. The summed E-state index contributed by atoms with van der Waals surface area (Å²) in [5.41, 5.74) is 0. The van der Waals surface area contributed by atoms with Crippen molar-refractivity contribution in [1.29, 1.82) is 0 Å². The Balaban J connectivity index is 2.18. The fourth-order valence-electron chi connectivity index (χ4n) is 1.67. The van der Waals surface area contributed by atoms with E-state index in [-0.39, 0.29) is 5.75 Å². The van der Waals surface area contributed by atoms with Gasteiger partial charge in [0.2, 0.25) is 10.0 Å². The second kappa shape index (κ2) is 7.48. The summed E-state index contributed by atoms with van der Waals surface area (Å²) in [6.07, 6.45) is 3.44. The van der Waals surface area contributed by atoms with Gasteiger partial charge in [-0.3, -0.25) is 0 Å².